The quantitative estimate of drug-likeness (QED) is 0.810. The van der Waals surface area contributed by atoms with E-state index in [9.17, 15) is 14.4 Å². The van der Waals surface area contributed by atoms with Crippen molar-refractivity contribution in [3.8, 4) is 0 Å². The maximum Gasteiger partial charge on any atom is 0.414 e. The van der Waals surface area contributed by atoms with Crippen molar-refractivity contribution in [3.63, 3.8) is 0 Å². The third-order valence-corrected chi connectivity index (χ3v) is 4.16. The number of anilines is 2. The molecule has 1 atom stereocenters. The summed E-state index contributed by atoms with van der Waals surface area (Å²) < 4.78 is 5.25. The lowest BCUT2D eigenvalue weighted by Crippen LogP contribution is -2.33. The van der Waals surface area contributed by atoms with Gasteiger partial charge in [0.1, 0.15) is 12.7 Å². The van der Waals surface area contributed by atoms with Crippen molar-refractivity contribution in [1.82, 2.24) is 5.32 Å². The SMILES string of the molecule is CC(=O)NC[C@H]1CN(c2ccc3c(c2)CCN3C(=O)CO)C(=O)O1. The molecule has 1 aromatic carbocycles. The van der Waals surface area contributed by atoms with Crippen LogP contribution < -0.4 is 15.1 Å². The third-order valence-electron chi connectivity index (χ3n) is 4.16. The van der Waals surface area contributed by atoms with Crippen LogP contribution in [0.5, 0.6) is 0 Å². The minimum atomic E-state index is -0.523. The summed E-state index contributed by atoms with van der Waals surface area (Å²) in [6.45, 7) is 2.05. The zero-order valence-corrected chi connectivity index (χ0v) is 13.3. The van der Waals surface area contributed by atoms with E-state index >= 15 is 0 Å². The summed E-state index contributed by atoms with van der Waals surface area (Å²) in [4.78, 5) is 37.8. The Bertz CT molecular complexity index is 690. The largest absolute Gasteiger partial charge is 0.442 e. The Morgan fingerprint density at radius 1 is 1.42 bits per heavy atom. The molecule has 2 N–H and O–H groups in total. The highest BCUT2D eigenvalue weighted by atomic mass is 16.6. The molecule has 8 heteroatoms. The van der Waals surface area contributed by atoms with Gasteiger partial charge < -0.3 is 20.1 Å². The molecule has 128 valence electrons. The number of cyclic esters (lactones) is 1. The number of hydrogen-bond acceptors (Lipinski definition) is 5. The fraction of sp³-hybridized carbons (Fsp3) is 0.438. The predicted molar refractivity (Wildman–Crippen MR) is 85.9 cm³/mol. The first-order valence-electron chi connectivity index (χ1n) is 7.76. The van der Waals surface area contributed by atoms with Crippen molar-refractivity contribution in [3.05, 3.63) is 23.8 Å². The summed E-state index contributed by atoms with van der Waals surface area (Å²) in [6, 6.07) is 5.39. The normalized spacial score (nSPS) is 19.2. The Labute approximate surface area is 139 Å². The smallest absolute Gasteiger partial charge is 0.414 e. The van der Waals surface area contributed by atoms with Crippen molar-refractivity contribution in [1.29, 1.82) is 0 Å². The second-order valence-corrected chi connectivity index (χ2v) is 5.82. The number of carbonyl (C=O) groups excluding carboxylic acids is 3. The molecular weight excluding hydrogens is 314 g/mol. The van der Waals surface area contributed by atoms with E-state index in [1.807, 2.05) is 6.07 Å². The van der Waals surface area contributed by atoms with Gasteiger partial charge in [0.2, 0.25) is 5.91 Å². The summed E-state index contributed by atoms with van der Waals surface area (Å²) >= 11 is 0. The molecule has 3 amide bonds. The summed E-state index contributed by atoms with van der Waals surface area (Å²) in [5.74, 6) is -0.506. The molecule has 1 saturated heterocycles. The van der Waals surface area contributed by atoms with E-state index in [1.165, 1.54) is 11.8 Å². The second kappa shape index (κ2) is 6.48. The highest BCUT2D eigenvalue weighted by Gasteiger charge is 2.33. The molecule has 0 unspecified atom stereocenters. The average Bonchev–Trinajstić information content (AvgIpc) is 3.15. The maximum absolute atomic E-state index is 12.0. The van der Waals surface area contributed by atoms with Crippen LogP contribution in [0.15, 0.2) is 18.2 Å². The number of benzene rings is 1. The number of fused-ring (bicyclic) bond motifs is 1. The van der Waals surface area contributed by atoms with Crippen molar-refractivity contribution in [2.75, 3.05) is 36.0 Å². The van der Waals surface area contributed by atoms with Crippen LogP contribution in [0.3, 0.4) is 0 Å². The Hall–Kier alpha value is -2.61. The van der Waals surface area contributed by atoms with Gasteiger partial charge in [-0.2, -0.15) is 0 Å². The molecule has 0 aromatic heterocycles. The molecule has 0 bridgehead atoms. The van der Waals surface area contributed by atoms with E-state index < -0.39 is 12.7 Å². The molecule has 0 aliphatic carbocycles. The van der Waals surface area contributed by atoms with Crippen LogP contribution in [0.2, 0.25) is 0 Å². The number of aliphatic hydroxyl groups is 1. The fourth-order valence-corrected chi connectivity index (χ4v) is 3.00. The Balaban J connectivity index is 1.73. The van der Waals surface area contributed by atoms with Crippen molar-refractivity contribution in [2.45, 2.75) is 19.4 Å². The summed E-state index contributed by atoms with van der Waals surface area (Å²) in [5, 5.41) is 11.6. The molecule has 24 heavy (non-hydrogen) atoms. The van der Waals surface area contributed by atoms with E-state index in [2.05, 4.69) is 5.32 Å². The zero-order valence-electron chi connectivity index (χ0n) is 13.3. The van der Waals surface area contributed by atoms with Crippen LogP contribution >= 0.6 is 0 Å². The number of amides is 3. The minimum Gasteiger partial charge on any atom is -0.442 e. The van der Waals surface area contributed by atoms with E-state index in [1.54, 1.807) is 17.0 Å². The number of carbonyl (C=O) groups is 3. The third kappa shape index (κ3) is 3.05. The highest BCUT2D eigenvalue weighted by Crippen LogP contribution is 2.33. The number of hydrogen-bond donors (Lipinski definition) is 2. The average molecular weight is 333 g/mol. The van der Waals surface area contributed by atoms with Crippen LogP contribution in [0.4, 0.5) is 16.2 Å². The number of nitrogens with zero attached hydrogens (tertiary/aromatic N) is 2. The van der Waals surface area contributed by atoms with Crippen LogP contribution in [-0.2, 0) is 20.7 Å². The maximum atomic E-state index is 12.0. The molecule has 0 spiro atoms. The van der Waals surface area contributed by atoms with Gasteiger partial charge in [0, 0.05) is 24.8 Å². The van der Waals surface area contributed by atoms with Gasteiger partial charge in [0.25, 0.3) is 5.91 Å². The minimum absolute atomic E-state index is 0.171. The molecule has 1 aromatic rings. The Kier molecular flexibility index (Phi) is 4.39. The first-order chi connectivity index (χ1) is 11.5. The van der Waals surface area contributed by atoms with Gasteiger partial charge in [-0.25, -0.2) is 4.79 Å². The standard InChI is InChI=1S/C16H19N3O5/c1-10(21)17-7-13-8-19(16(23)24-13)12-2-3-14-11(6-12)4-5-18(14)15(22)9-20/h2-3,6,13,20H,4-5,7-9H2,1H3,(H,17,21)/t13-/m0/s1. The number of aliphatic hydroxyl groups excluding tert-OH is 1. The second-order valence-electron chi connectivity index (χ2n) is 5.82. The first kappa shape index (κ1) is 16.3. The van der Waals surface area contributed by atoms with Crippen molar-refractivity contribution >= 4 is 29.3 Å². The van der Waals surface area contributed by atoms with Gasteiger partial charge >= 0.3 is 6.09 Å². The number of nitrogens with one attached hydrogen (secondary N) is 1. The van der Waals surface area contributed by atoms with Crippen molar-refractivity contribution < 1.29 is 24.2 Å². The lowest BCUT2D eigenvalue weighted by molar-refractivity contribution is -0.121. The molecule has 3 rings (SSSR count). The first-order valence-corrected chi connectivity index (χ1v) is 7.76. The molecule has 0 saturated carbocycles. The lowest BCUT2D eigenvalue weighted by Gasteiger charge is -2.18. The van der Waals surface area contributed by atoms with Crippen molar-refractivity contribution in [2.24, 2.45) is 0 Å². The summed E-state index contributed by atoms with van der Waals surface area (Å²) in [7, 11) is 0. The van der Waals surface area contributed by atoms with E-state index in [4.69, 9.17) is 9.84 Å². The predicted octanol–water partition coefficient (Wildman–Crippen LogP) is 0.0293. The van der Waals surface area contributed by atoms with Gasteiger partial charge in [-0.15, -0.1) is 0 Å². The van der Waals surface area contributed by atoms with Crippen LogP contribution in [0.25, 0.3) is 0 Å². The molecular formula is C16H19N3O5. The fourth-order valence-electron chi connectivity index (χ4n) is 3.00. The highest BCUT2D eigenvalue weighted by molar-refractivity contribution is 5.97. The molecule has 2 heterocycles. The van der Waals surface area contributed by atoms with Gasteiger partial charge in [-0.3, -0.25) is 14.5 Å². The van der Waals surface area contributed by atoms with Gasteiger partial charge in [-0.1, -0.05) is 0 Å². The molecule has 8 nitrogen and oxygen atoms in total. The van der Waals surface area contributed by atoms with Crippen LogP contribution in [-0.4, -0.2) is 55.4 Å². The van der Waals surface area contributed by atoms with E-state index in [0.717, 1.165) is 11.3 Å². The lowest BCUT2D eigenvalue weighted by atomic mass is 10.1. The molecule has 2 aliphatic rings. The molecule has 2 aliphatic heterocycles. The monoisotopic (exact) mass is 333 g/mol. The van der Waals surface area contributed by atoms with E-state index in [-0.39, 0.29) is 24.5 Å². The summed E-state index contributed by atoms with van der Waals surface area (Å²) in [5.41, 5.74) is 2.41. The molecule has 1 fully saturated rings. The van der Waals surface area contributed by atoms with Gasteiger partial charge in [0.05, 0.1) is 13.1 Å². The van der Waals surface area contributed by atoms with Crippen LogP contribution in [0.1, 0.15) is 12.5 Å². The topological polar surface area (TPSA) is 99.2 Å². The summed E-state index contributed by atoms with van der Waals surface area (Å²) in [6.07, 6.45) is -0.165. The van der Waals surface area contributed by atoms with E-state index in [0.29, 0.717) is 25.2 Å². The van der Waals surface area contributed by atoms with Crippen LogP contribution in [0, 0.1) is 0 Å². The van der Waals surface area contributed by atoms with Gasteiger partial charge in [0.15, 0.2) is 0 Å². The number of ether oxygens (including phenoxy) is 1. The zero-order chi connectivity index (χ0) is 17.3. The Morgan fingerprint density at radius 2 is 2.21 bits per heavy atom. The molecule has 0 radical (unpaired) electrons. The Morgan fingerprint density at radius 3 is 2.92 bits per heavy atom. The van der Waals surface area contributed by atoms with Gasteiger partial charge in [-0.05, 0) is 30.2 Å². The number of rotatable bonds is 4.